The zero-order valence-electron chi connectivity index (χ0n) is 8.16. The molecule has 5 nitrogen and oxygen atoms in total. The summed E-state index contributed by atoms with van der Waals surface area (Å²) in [5.74, 6) is -0.558. The van der Waals surface area contributed by atoms with Crippen molar-refractivity contribution in [3.05, 3.63) is 23.3 Å². The molecule has 7 N–H and O–H groups in total. The number of rotatable bonds is 0. The molecule has 0 saturated carbocycles. The molecular weight excluding hydrogens is 194 g/mol. The number of nitrogen functional groups attached to an aromatic ring is 1. The molecule has 15 heavy (non-hydrogen) atoms. The summed E-state index contributed by atoms with van der Waals surface area (Å²) in [4.78, 5) is 11.8. The summed E-state index contributed by atoms with van der Waals surface area (Å²) in [7, 11) is 0. The molecule has 0 radical (unpaired) electrons. The van der Waals surface area contributed by atoms with Gasteiger partial charge in [-0.1, -0.05) is 0 Å². The van der Waals surface area contributed by atoms with Crippen LogP contribution in [0.4, 0.5) is 5.69 Å². The number of Topliss-reactive ketones (excluding diaryl/α,β-unsaturated/α-hetero) is 1. The van der Waals surface area contributed by atoms with Gasteiger partial charge in [0.25, 0.3) is 0 Å². The van der Waals surface area contributed by atoms with Gasteiger partial charge in [-0.15, -0.1) is 0 Å². The molecule has 0 aliphatic heterocycles. The minimum atomic E-state index is -1.39. The monoisotopic (exact) mass is 207 g/mol. The molecule has 1 aliphatic rings. The Hall–Kier alpha value is -1.59. The van der Waals surface area contributed by atoms with E-state index in [1.165, 1.54) is 6.07 Å². The van der Waals surface area contributed by atoms with Crippen molar-refractivity contribution in [2.24, 2.45) is 11.5 Å². The van der Waals surface area contributed by atoms with Crippen LogP contribution in [0, 0.1) is 0 Å². The number of hydrogen-bond acceptors (Lipinski definition) is 5. The predicted molar refractivity (Wildman–Crippen MR) is 56.3 cm³/mol. The number of hydrogen-bond donors (Lipinski definition) is 4. The Bertz CT molecular complexity index is 441. The van der Waals surface area contributed by atoms with Crippen molar-refractivity contribution in [2.45, 2.75) is 18.5 Å². The van der Waals surface area contributed by atoms with E-state index in [0.29, 0.717) is 24.1 Å². The molecule has 0 fully saturated rings. The molecular formula is C10H13N3O2. The summed E-state index contributed by atoms with van der Waals surface area (Å²) in [5, 5.41) is 9.60. The fourth-order valence-corrected chi connectivity index (χ4v) is 1.85. The van der Waals surface area contributed by atoms with Crippen LogP contribution in [0.15, 0.2) is 12.1 Å². The third-order valence-corrected chi connectivity index (χ3v) is 2.77. The van der Waals surface area contributed by atoms with Crippen LogP contribution >= 0.6 is 0 Å². The Kier molecular flexibility index (Phi) is 1.95. The van der Waals surface area contributed by atoms with Crippen LogP contribution in [0.5, 0.6) is 5.75 Å². The number of fused-ring (bicyclic) bond motifs is 1. The predicted octanol–water partition coefficient (Wildman–Crippen LogP) is -0.283. The smallest absolute Gasteiger partial charge is 0.201 e. The number of nitrogens with two attached hydrogens (primary N) is 3. The van der Waals surface area contributed by atoms with Gasteiger partial charge in [0, 0.05) is 5.69 Å². The molecule has 0 aromatic heterocycles. The number of carbonyl (C=O) groups is 1. The summed E-state index contributed by atoms with van der Waals surface area (Å²) in [6, 6.07) is 2.95. The Morgan fingerprint density at radius 2 is 2.00 bits per heavy atom. The maximum Gasteiger partial charge on any atom is 0.201 e. The lowest BCUT2D eigenvalue weighted by Gasteiger charge is -2.30. The van der Waals surface area contributed by atoms with Gasteiger partial charge in [-0.25, -0.2) is 0 Å². The number of benzene rings is 1. The standard InChI is InChI=1S/C10H13N3O2/c11-6-1-2-7(14)8-5(6)3-4-10(12,13)9(8)15/h1-2,14H,3-4,11-13H2. The van der Waals surface area contributed by atoms with E-state index in [2.05, 4.69) is 0 Å². The summed E-state index contributed by atoms with van der Waals surface area (Å²) in [6.07, 6.45) is 0.848. The largest absolute Gasteiger partial charge is 0.507 e. The first-order chi connectivity index (χ1) is 6.93. The van der Waals surface area contributed by atoms with E-state index in [4.69, 9.17) is 17.2 Å². The summed E-state index contributed by atoms with van der Waals surface area (Å²) in [5.41, 5.74) is 16.9. The van der Waals surface area contributed by atoms with Crippen LogP contribution in [0.1, 0.15) is 22.3 Å². The van der Waals surface area contributed by atoms with E-state index in [0.717, 1.165) is 0 Å². The molecule has 0 heterocycles. The van der Waals surface area contributed by atoms with Crippen LogP contribution in [0.3, 0.4) is 0 Å². The van der Waals surface area contributed by atoms with Gasteiger partial charge in [0.05, 0.1) is 5.56 Å². The number of carbonyl (C=O) groups excluding carboxylic acids is 1. The van der Waals surface area contributed by atoms with E-state index in [1.54, 1.807) is 6.07 Å². The van der Waals surface area contributed by atoms with Gasteiger partial charge in [0.15, 0.2) is 0 Å². The molecule has 0 bridgehead atoms. The van der Waals surface area contributed by atoms with Gasteiger partial charge < -0.3 is 22.3 Å². The average molecular weight is 207 g/mol. The lowest BCUT2D eigenvalue weighted by atomic mass is 9.82. The topological polar surface area (TPSA) is 115 Å². The second-order valence-corrected chi connectivity index (χ2v) is 3.90. The first-order valence-electron chi connectivity index (χ1n) is 4.66. The molecule has 1 aliphatic carbocycles. The number of phenolic OH excluding ortho intramolecular Hbond substituents is 1. The van der Waals surface area contributed by atoms with Crippen LogP contribution in [0.2, 0.25) is 0 Å². The van der Waals surface area contributed by atoms with Gasteiger partial charge in [-0.3, -0.25) is 4.79 Å². The average Bonchev–Trinajstić information content (AvgIpc) is 2.16. The molecule has 0 amide bonds. The van der Waals surface area contributed by atoms with Crippen molar-refractivity contribution in [1.29, 1.82) is 0 Å². The first kappa shape index (κ1) is 9.95. The molecule has 0 spiro atoms. The highest BCUT2D eigenvalue weighted by atomic mass is 16.3. The lowest BCUT2D eigenvalue weighted by Crippen LogP contribution is -2.58. The number of phenols is 1. The number of aromatic hydroxyl groups is 1. The quantitative estimate of drug-likeness (QED) is 0.265. The van der Waals surface area contributed by atoms with Gasteiger partial charge in [-0.2, -0.15) is 0 Å². The molecule has 0 unspecified atom stereocenters. The second-order valence-electron chi connectivity index (χ2n) is 3.90. The van der Waals surface area contributed by atoms with Gasteiger partial charge >= 0.3 is 0 Å². The van der Waals surface area contributed by atoms with Crippen molar-refractivity contribution in [1.82, 2.24) is 0 Å². The van der Waals surface area contributed by atoms with Crippen LogP contribution in [0.25, 0.3) is 0 Å². The SMILES string of the molecule is Nc1ccc(O)c2c1CCC(N)(N)C2=O. The fourth-order valence-electron chi connectivity index (χ4n) is 1.85. The zero-order chi connectivity index (χ0) is 11.2. The lowest BCUT2D eigenvalue weighted by molar-refractivity contribution is 0.0868. The van der Waals surface area contributed by atoms with Crippen LogP contribution < -0.4 is 17.2 Å². The molecule has 0 atom stereocenters. The van der Waals surface area contributed by atoms with Crippen LogP contribution in [-0.4, -0.2) is 16.6 Å². The maximum absolute atomic E-state index is 11.8. The normalized spacial score (nSPS) is 18.7. The second kappa shape index (κ2) is 2.95. The van der Waals surface area contributed by atoms with Crippen molar-refractivity contribution in [3.63, 3.8) is 0 Å². The third-order valence-electron chi connectivity index (χ3n) is 2.77. The summed E-state index contributed by atoms with van der Waals surface area (Å²) < 4.78 is 0. The minimum absolute atomic E-state index is 0.107. The van der Waals surface area contributed by atoms with Gasteiger partial charge in [0.1, 0.15) is 11.4 Å². The van der Waals surface area contributed by atoms with E-state index in [1.807, 2.05) is 0 Å². The van der Waals surface area contributed by atoms with E-state index < -0.39 is 11.4 Å². The van der Waals surface area contributed by atoms with E-state index >= 15 is 0 Å². The molecule has 1 aromatic carbocycles. The molecule has 1 aromatic rings. The zero-order valence-corrected chi connectivity index (χ0v) is 8.16. The summed E-state index contributed by atoms with van der Waals surface area (Å²) in [6.45, 7) is 0. The van der Waals surface area contributed by atoms with Crippen LogP contribution in [-0.2, 0) is 6.42 Å². The Morgan fingerprint density at radius 3 is 2.67 bits per heavy atom. The molecule has 5 heteroatoms. The Labute approximate surface area is 86.9 Å². The van der Waals surface area contributed by atoms with Gasteiger partial charge in [-0.05, 0) is 30.5 Å². The van der Waals surface area contributed by atoms with Crippen molar-refractivity contribution < 1.29 is 9.90 Å². The van der Waals surface area contributed by atoms with Crippen molar-refractivity contribution in [3.8, 4) is 5.75 Å². The highest BCUT2D eigenvalue weighted by Crippen LogP contribution is 2.34. The Balaban J connectivity index is 2.66. The first-order valence-corrected chi connectivity index (χ1v) is 4.66. The fraction of sp³-hybridized carbons (Fsp3) is 0.300. The highest BCUT2D eigenvalue weighted by molar-refractivity contribution is 6.07. The molecule has 0 saturated heterocycles. The van der Waals surface area contributed by atoms with Crippen molar-refractivity contribution in [2.75, 3.05) is 5.73 Å². The van der Waals surface area contributed by atoms with Gasteiger partial charge in [0.2, 0.25) is 5.78 Å². The molecule has 2 rings (SSSR count). The van der Waals surface area contributed by atoms with Crippen molar-refractivity contribution >= 4 is 11.5 Å². The maximum atomic E-state index is 11.8. The minimum Gasteiger partial charge on any atom is -0.507 e. The molecule has 80 valence electrons. The number of ketones is 1. The van der Waals surface area contributed by atoms with E-state index in [-0.39, 0.29) is 11.3 Å². The third kappa shape index (κ3) is 1.36. The Morgan fingerprint density at radius 1 is 1.33 bits per heavy atom. The van der Waals surface area contributed by atoms with E-state index in [9.17, 15) is 9.90 Å². The highest BCUT2D eigenvalue weighted by Gasteiger charge is 2.38. The number of anilines is 1. The summed E-state index contributed by atoms with van der Waals surface area (Å²) >= 11 is 0.